The molecule has 0 saturated carbocycles. The number of nitrogens with zero attached hydrogens (tertiary/aromatic N) is 6. The van der Waals surface area contributed by atoms with Crippen LogP contribution in [0.5, 0.6) is 0 Å². The van der Waals surface area contributed by atoms with E-state index in [1.807, 2.05) is 0 Å². The minimum absolute atomic E-state index is 0.0238. The van der Waals surface area contributed by atoms with E-state index in [4.69, 9.17) is 18.5 Å². The smallest absolute Gasteiger partial charge is 0.477 e. The molecule has 6 rings (SSSR count). The SMILES string of the molecule is O=C(O)c1ccc[n+]([C@@H]2O[C@H](COP(=O)(O)OP(=O)(O)OC[C@H]3O[C@@H](n4cnc5c(-n6oo6)ncnc54)[C@H](OP(=O)(O)O)[C@@H]3O)[C@@H](O)[C@H]2O)c1. The summed E-state index contributed by atoms with van der Waals surface area (Å²) in [5.41, 5.74) is -0.155. The summed E-state index contributed by atoms with van der Waals surface area (Å²) in [6.07, 6.45) is -8.89. The first kappa shape index (κ1) is 36.5. The minimum Gasteiger partial charge on any atom is -0.477 e. The third kappa shape index (κ3) is 7.95. The summed E-state index contributed by atoms with van der Waals surface area (Å²) in [6.45, 7) is -2.09. The van der Waals surface area contributed by atoms with Crippen molar-refractivity contribution in [2.75, 3.05) is 13.2 Å². The number of phosphoric ester groups is 3. The molecule has 2 saturated heterocycles. The first-order valence-corrected chi connectivity index (χ1v) is 18.3. The quantitative estimate of drug-likeness (QED) is 0.0393. The molecule has 8 N–H and O–H groups in total. The summed E-state index contributed by atoms with van der Waals surface area (Å²) in [5.74, 6) is -1.26. The number of fused-ring (bicyclic) bond motifs is 1. The van der Waals surface area contributed by atoms with Crippen molar-refractivity contribution >= 4 is 40.6 Å². The predicted octanol–water partition coefficient (Wildman–Crippen LogP) is -1.91. The molecule has 4 aromatic heterocycles. The number of ether oxygens (including phenoxy) is 2. The second-order valence-electron chi connectivity index (χ2n) is 10.5. The van der Waals surface area contributed by atoms with Crippen LogP contribution in [0, 0.1) is 0 Å². The van der Waals surface area contributed by atoms with E-state index in [9.17, 15) is 58.5 Å². The van der Waals surface area contributed by atoms with Crippen LogP contribution in [0.15, 0.2) is 46.5 Å². The minimum atomic E-state index is -5.56. The molecule has 0 aromatic carbocycles. The van der Waals surface area contributed by atoms with Gasteiger partial charge in [-0.05, 0) is 6.07 Å². The Bertz CT molecular complexity index is 1980. The van der Waals surface area contributed by atoms with Crippen LogP contribution in [0.3, 0.4) is 0 Å². The fourth-order valence-corrected chi connectivity index (χ4v) is 7.64. The average Bonchev–Trinajstić information content (AvgIpc) is 3.64. The van der Waals surface area contributed by atoms with Gasteiger partial charge in [0.15, 0.2) is 35.9 Å². The molecule has 274 valence electrons. The monoisotopic (exact) mass is 775 g/mol. The van der Waals surface area contributed by atoms with Crippen LogP contribution in [0.25, 0.3) is 17.0 Å². The van der Waals surface area contributed by atoms with Gasteiger partial charge in [-0.25, -0.2) is 33.4 Å². The molecule has 29 heteroatoms. The molecule has 0 bridgehead atoms. The van der Waals surface area contributed by atoms with E-state index in [0.29, 0.717) is 0 Å². The Morgan fingerprint density at radius 2 is 1.58 bits per heavy atom. The van der Waals surface area contributed by atoms with E-state index in [0.717, 1.165) is 32.9 Å². The summed E-state index contributed by atoms with van der Waals surface area (Å²) in [5, 5.41) is 40.8. The molecule has 0 amide bonds. The van der Waals surface area contributed by atoms with Crippen LogP contribution in [0.1, 0.15) is 22.8 Å². The number of carboxylic acids is 1. The molecule has 0 radical (unpaired) electrons. The van der Waals surface area contributed by atoms with Crippen LogP contribution in [0.2, 0.25) is 0 Å². The molecule has 26 nitrogen and oxygen atoms in total. The Kier molecular flexibility index (Phi) is 10.0. The molecule has 0 aliphatic carbocycles. The second-order valence-corrected chi connectivity index (χ2v) is 14.8. The van der Waals surface area contributed by atoms with E-state index in [2.05, 4.69) is 33.2 Å². The largest absolute Gasteiger partial charge is 0.481 e. The van der Waals surface area contributed by atoms with E-state index in [-0.39, 0.29) is 22.5 Å². The Morgan fingerprint density at radius 1 is 0.920 bits per heavy atom. The summed E-state index contributed by atoms with van der Waals surface area (Å²) >= 11 is 0. The number of aromatic nitrogens is 6. The molecule has 2 fully saturated rings. The Hall–Kier alpha value is -3.26. The standard InChI is InChI=1S/C21H25N6O20P3/c28-13-10(42-19(15(13)30)25-3-1-2-9(4-25)21(31)32)5-40-49(36,37)47-50(38,39)41-6-11-14(29)16(44-48(33,34)35)20(43-11)26-8-24-12-17(26)22-7-23-18(12)27-45-46-27/h1-4,7-8,10-11,13-16,19-20,28-30H,5-6H2,(H4-,31,32,33,34,35,36,37,38,39)/p+1/t10-,11-,13-,14-,15-,16-,19-,20-/m1/s1. The molecule has 2 aliphatic rings. The number of pyridine rings is 1. The molecule has 6 heterocycles. The van der Waals surface area contributed by atoms with Crippen molar-refractivity contribution in [1.82, 2.24) is 24.4 Å². The molecular formula is C21H26N6O20P3+. The number of hydrogen-bond acceptors (Lipinski definition) is 18. The van der Waals surface area contributed by atoms with Crippen molar-refractivity contribution in [2.45, 2.75) is 49.1 Å². The fraction of sp³-hybridized carbons (Fsp3) is 0.476. The van der Waals surface area contributed by atoms with Gasteiger partial charge in [-0.2, -0.15) is 8.88 Å². The van der Waals surface area contributed by atoms with Gasteiger partial charge in [0.2, 0.25) is 5.82 Å². The van der Waals surface area contributed by atoms with Gasteiger partial charge in [-0.1, -0.05) is 0 Å². The molecular weight excluding hydrogens is 749 g/mol. The normalized spacial score (nSPS) is 29.7. The molecule has 0 spiro atoms. The van der Waals surface area contributed by atoms with E-state index >= 15 is 0 Å². The highest BCUT2D eigenvalue weighted by atomic mass is 31.3. The Labute approximate surface area is 275 Å². The number of rotatable bonds is 14. The maximum atomic E-state index is 12.6. The Balaban J connectivity index is 1.09. The lowest BCUT2D eigenvalue weighted by Gasteiger charge is -2.22. The van der Waals surface area contributed by atoms with Gasteiger partial charge in [0.1, 0.15) is 42.4 Å². The third-order valence-corrected chi connectivity index (χ3v) is 10.3. The topological polar surface area (TPSA) is 364 Å². The van der Waals surface area contributed by atoms with Gasteiger partial charge in [0, 0.05) is 6.07 Å². The fourth-order valence-electron chi connectivity index (χ4n) is 5.00. The van der Waals surface area contributed by atoms with Gasteiger partial charge in [0.25, 0.3) is 6.23 Å². The van der Waals surface area contributed by atoms with Gasteiger partial charge < -0.3 is 49.5 Å². The lowest BCUT2D eigenvalue weighted by molar-refractivity contribution is -0.765. The van der Waals surface area contributed by atoms with Crippen LogP contribution < -0.4 is 4.57 Å². The first-order valence-electron chi connectivity index (χ1n) is 13.7. The van der Waals surface area contributed by atoms with Crippen molar-refractivity contribution in [3.8, 4) is 5.82 Å². The number of aliphatic hydroxyl groups is 3. The Morgan fingerprint density at radius 3 is 2.20 bits per heavy atom. The van der Waals surface area contributed by atoms with Crippen molar-refractivity contribution in [3.63, 3.8) is 0 Å². The molecule has 4 aromatic rings. The second kappa shape index (κ2) is 13.7. The van der Waals surface area contributed by atoms with Crippen molar-refractivity contribution in [3.05, 3.63) is 42.7 Å². The number of carboxylic acid groups (broad SMARTS) is 1. The zero-order valence-electron chi connectivity index (χ0n) is 24.5. The average molecular weight is 775 g/mol. The number of aromatic carboxylic acids is 1. The van der Waals surface area contributed by atoms with Crippen LogP contribution in [-0.4, -0.2) is 120 Å². The van der Waals surface area contributed by atoms with Crippen molar-refractivity contribution < 1.29 is 99.8 Å². The number of hydrogen-bond donors (Lipinski definition) is 8. The van der Waals surface area contributed by atoms with Crippen LogP contribution in [-0.2, 0) is 41.1 Å². The lowest BCUT2D eigenvalue weighted by atomic mass is 10.1. The van der Waals surface area contributed by atoms with Gasteiger partial charge in [0.05, 0.1) is 24.5 Å². The van der Waals surface area contributed by atoms with E-state index < -0.39 is 91.7 Å². The van der Waals surface area contributed by atoms with Crippen molar-refractivity contribution in [1.29, 1.82) is 0 Å². The zero-order chi connectivity index (χ0) is 36.2. The zero-order valence-corrected chi connectivity index (χ0v) is 27.2. The van der Waals surface area contributed by atoms with Crippen LogP contribution in [0.4, 0.5) is 0 Å². The number of imidazole rings is 1. The van der Waals surface area contributed by atoms with Crippen LogP contribution >= 0.6 is 23.5 Å². The summed E-state index contributed by atoms with van der Waals surface area (Å²) < 4.78 is 77.6. The summed E-state index contributed by atoms with van der Waals surface area (Å²) in [7, 11) is -16.4. The lowest BCUT2D eigenvalue weighted by Crippen LogP contribution is -2.46. The summed E-state index contributed by atoms with van der Waals surface area (Å²) in [4.78, 5) is 63.3. The van der Waals surface area contributed by atoms with E-state index in [1.54, 1.807) is 0 Å². The third-order valence-electron chi connectivity index (χ3n) is 7.22. The molecule has 10 atom stereocenters. The maximum Gasteiger partial charge on any atom is 0.481 e. The first-order chi connectivity index (χ1) is 23.4. The van der Waals surface area contributed by atoms with Crippen molar-refractivity contribution in [2.24, 2.45) is 0 Å². The highest BCUT2D eigenvalue weighted by Crippen LogP contribution is 2.61. The number of carbonyl (C=O) groups is 1. The molecule has 50 heavy (non-hydrogen) atoms. The maximum absolute atomic E-state index is 12.6. The predicted molar refractivity (Wildman–Crippen MR) is 148 cm³/mol. The van der Waals surface area contributed by atoms with Gasteiger partial charge in [-0.15, -0.1) is 9.36 Å². The number of aliphatic hydroxyl groups excluding tert-OH is 3. The summed E-state index contributed by atoms with van der Waals surface area (Å²) in [6, 6.07) is 2.58. The van der Waals surface area contributed by atoms with E-state index in [1.165, 1.54) is 18.3 Å². The van der Waals surface area contributed by atoms with Gasteiger partial charge >= 0.3 is 29.4 Å². The highest BCUT2D eigenvalue weighted by molar-refractivity contribution is 7.61. The number of phosphoric acid groups is 3. The molecule has 2 unspecified atom stereocenters. The highest BCUT2D eigenvalue weighted by Gasteiger charge is 2.51. The van der Waals surface area contributed by atoms with Gasteiger partial charge in [-0.3, -0.25) is 18.1 Å². The molecule has 2 aliphatic heterocycles.